The number of aromatic nitrogens is 1. The van der Waals surface area contributed by atoms with E-state index in [9.17, 15) is 22.6 Å². The summed E-state index contributed by atoms with van der Waals surface area (Å²) in [6, 6.07) is 28.9. The number of benzene rings is 4. The third-order valence-corrected chi connectivity index (χ3v) is 12.8. The van der Waals surface area contributed by atoms with Crippen molar-refractivity contribution < 1.29 is 27.1 Å². The second kappa shape index (κ2) is 18.8. The summed E-state index contributed by atoms with van der Waals surface area (Å²) in [7, 11) is -4.01. The van der Waals surface area contributed by atoms with Crippen LogP contribution in [0.1, 0.15) is 87.7 Å². The van der Waals surface area contributed by atoms with Gasteiger partial charge in [0, 0.05) is 71.8 Å². The van der Waals surface area contributed by atoms with Crippen molar-refractivity contribution in [2.45, 2.75) is 77.0 Å². The first-order valence-corrected chi connectivity index (χ1v) is 23.0. The number of carbonyl (C=O) groups is 2. The highest BCUT2D eigenvalue weighted by atomic mass is 32.2. The number of hydrogen-bond donors (Lipinski definition) is 3. The van der Waals surface area contributed by atoms with Gasteiger partial charge < -0.3 is 4.90 Å². The normalized spacial score (nSPS) is 16.3. The number of rotatable bonds is 16. The summed E-state index contributed by atoms with van der Waals surface area (Å²) in [6.45, 7) is 10.5. The van der Waals surface area contributed by atoms with Crippen LogP contribution in [-0.4, -0.2) is 58.9 Å². The molecule has 0 fully saturated rings. The first-order valence-electron chi connectivity index (χ1n) is 21.4. The molecule has 0 atom stereocenters. The number of amides is 2. The van der Waals surface area contributed by atoms with Gasteiger partial charge in [0.25, 0.3) is 16.0 Å². The maximum Gasteiger partial charge on any atom is 0.269 e. The summed E-state index contributed by atoms with van der Waals surface area (Å²) >= 11 is 0. The van der Waals surface area contributed by atoms with Crippen LogP contribution >= 0.6 is 0 Å². The second-order valence-corrected chi connectivity index (χ2v) is 18.6. The number of unbranched alkanes of at least 4 members (excludes halogenated alkanes) is 3. The number of hydrazine groups is 1. The van der Waals surface area contributed by atoms with Crippen molar-refractivity contribution in [1.82, 2.24) is 15.8 Å². The molecule has 2 aliphatic rings. The van der Waals surface area contributed by atoms with Gasteiger partial charge in [-0.1, -0.05) is 98.8 Å². The van der Waals surface area contributed by atoms with Crippen LogP contribution in [0.15, 0.2) is 146 Å². The van der Waals surface area contributed by atoms with Gasteiger partial charge in [-0.2, -0.15) is 13.0 Å². The average Bonchev–Trinajstić information content (AvgIpc) is 3.61. The lowest BCUT2D eigenvalue weighted by Gasteiger charge is -2.27. The number of nitrogens with zero attached hydrogens (tertiary/aromatic N) is 3. The number of fused-ring (bicyclic) bond motifs is 6. The van der Waals surface area contributed by atoms with E-state index in [1.807, 2.05) is 12.2 Å². The minimum atomic E-state index is -4.01. The van der Waals surface area contributed by atoms with Crippen LogP contribution in [0.2, 0.25) is 0 Å². The van der Waals surface area contributed by atoms with Crippen molar-refractivity contribution in [3.05, 3.63) is 162 Å². The summed E-state index contributed by atoms with van der Waals surface area (Å²) in [5.74, 6) is -0.856. The average molecular weight is 851 g/mol. The molecule has 0 saturated heterocycles. The van der Waals surface area contributed by atoms with Crippen molar-refractivity contribution in [3.63, 3.8) is 0 Å². The SMILES string of the molecule is CC1(C)C(/C=C/C=C/C=C/C=C2\N(CCCCS(=O)(=O)O)c3ccc4ccccc4c3C2(C)C)=[N+](CCCCCC(=O)NNC(=O)c2ccncc2)c2ccc3ccccc3c21. The van der Waals surface area contributed by atoms with E-state index < -0.39 is 10.1 Å². The third kappa shape index (κ3) is 9.64. The van der Waals surface area contributed by atoms with Crippen molar-refractivity contribution in [2.75, 3.05) is 23.7 Å². The molecule has 10 nitrogen and oxygen atoms in total. The molecular weight excluding hydrogens is 795 g/mol. The van der Waals surface area contributed by atoms with Crippen molar-refractivity contribution >= 4 is 60.6 Å². The number of carbonyl (C=O) groups excluding carboxylic acids is 2. The molecule has 0 radical (unpaired) electrons. The van der Waals surface area contributed by atoms with Crippen LogP contribution < -0.4 is 15.8 Å². The molecule has 0 bridgehead atoms. The predicted molar refractivity (Wildman–Crippen MR) is 251 cm³/mol. The van der Waals surface area contributed by atoms with E-state index in [1.165, 1.54) is 56.5 Å². The van der Waals surface area contributed by atoms with E-state index in [1.54, 1.807) is 12.1 Å². The lowest BCUT2D eigenvalue weighted by molar-refractivity contribution is -0.438. The first kappa shape index (κ1) is 43.9. The zero-order valence-electron chi connectivity index (χ0n) is 36.0. The van der Waals surface area contributed by atoms with Gasteiger partial charge in [0.2, 0.25) is 11.6 Å². The van der Waals surface area contributed by atoms with Gasteiger partial charge >= 0.3 is 0 Å². The minimum Gasteiger partial charge on any atom is -0.344 e. The van der Waals surface area contributed by atoms with Gasteiger partial charge in [-0.15, -0.1) is 0 Å². The number of hydrogen-bond acceptors (Lipinski definition) is 6. The second-order valence-electron chi connectivity index (χ2n) is 17.0. The summed E-state index contributed by atoms with van der Waals surface area (Å²) in [5, 5.41) is 4.85. The number of nitrogens with one attached hydrogen (secondary N) is 2. The molecule has 0 aliphatic carbocycles. The largest absolute Gasteiger partial charge is 0.344 e. The summed E-state index contributed by atoms with van der Waals surface area (Å²) in [6.07, 6.45) is 21.5. The predicted octanol–water partition coefficient (Wildman–Crippen LogP) is 9.80. The molecule has 2 aliphatic heterocycles. The van der Waals surface area contributed by atoms with Gasteiger partial charge in [0.05, 0.1) is 11.2 Å². The molecule has 0 unspecified atom stereocenters. The molecule has 1 aromatic heterocycles. The Bertz CT molecular complexity index is 2750. The van der Waals surface area contributed by atoms with Crippen LogP contribution in [0.3, 0.4) is 0 Å². The highest BCUT2D eigenvalue weighted by molar-refractivity contribution is 7.85. The Morgan fingerprint density at radius 2 is 1.39 bits per heavy atom. The molecular formula is C51H56N5O5S+. The van der Waals surface area contributed by atoms with E-state index in [0.717, 1.165) is 30.8 Å². The Balaban J connectivity index is 1.05. The van der Waals surface area contributed by atoms with Gasteiger partial charge in [0.15, 0.2) is 5.71 Å². The van der Waals surface area contributed by atoms with Crippen LogP contribution in [0.25, 0.3) is 21.5 Å². The van der Waals surface area contributed by atoms with Crippen LogP contribution in [0.5, 0.6) is 0 Å². The van der Waals surface area contributed by atoms with Gasteiger partial charge in [-0.3, -0.25) is 30.0 Å². The van der Waals surface area contributed by atoms with Gasteiger partial charge in [-0.25, -0.2) is 0 Å². The fraction of sp³-hybridized carbons (Fsp3) is 0.294. The Labute approximate surface area is 365 Å². The first-order chi connectivity index (χ1) is 29.8. The van der Waals surface area contributed by atoms with Crippen molar-refractivity contribution in [1.29, 1.82) is 0 Å². The maximum absolute atomic E-state index is 12.5. The number of allylic oxidation sites excluding steroid dienone is 8. The fourth-order valence-electron chi connectivity index (χ4n) is 9.09. The van der Waals surface area contributed by atoms with E-state index in [-0.39, 0.29) is 28.4 Å². The lowest BCUT2D eigenvalue weighted by atomic mass is 9.79. The molecule has 11 heteroatoms. The number of pyridine rings is 1. The highest BCUT2D eigenvalue weighted by Crippen LogP contribution is 2.51. The molecule has 0 saturated carbocycles. The molecule has 62 heavy (non-hydrogen) atoms. The van der Waals surface area contributed by atoms with Crippen LogP contribution in [0.4, 0.5) is 11.4 Å². The van der Waals surface area contributed by atoms with Crippen molar-refractivity contribution in [3.8, 4) is 0 Å². The van der Waals surface area contributed by atoms with Gasteiger partial charge in [-0.05, 0) is 97.0 Å². The maximum atomic E-state index is 12.5. The van der Waals surface area contributed by atoms with E-state index in [2.05, 4.69) is 156 Å². The Kier molecular flexibility index (Phi) is 13.3. The molecule has 0 spiro atoms. The Hall–Kier alpha value is -6.17. The van der Waals surface area contributed by atoms with Crippen molar-refractivity contribution in [2.24, 2.45) is 0 Å². The molecule has 3 N–H and O–H groups in total. The Morgan fingerprint density at radius 3 is 2.11 bits per heavy atom. The van der Waals surface area contributed by atoms with E-state index in [0.29, 0.717) is 37.8 Å². The zero-order valence-corrected chi connectivity index (χ0v) is 36.8. The molecule has 5 aromatic rings. The molecule has 4 aromatic carbocycles. The fourth-order valence-corrected chi connectivity index (χ4v) is 9.66. The Morgan fingerprint density at radius 1 is 0.726 bits per heavy atom. The topological polar surface area (TPSA) is 132 Å². The number of anilines is 1. The summed E-state index contributed by atoms with van der Waals surface area (Å²) < 4.78 is 34.6. The lowest BCUT2D eigenvalue weighted by Crippen LogP contribution is -2.41. The monoisotopic (exact) mass is 850 g/mol. The molecule has 2 amide bonds. The quantitative estimate of drug-likeness (QED) is 0.0296. The summed E-state index contributed by atoms with van der Waals surface area (Å²) in [5.41, 5.74) is 12.1. The highest BCUT2D eigenvalue weighted by Gasteiger charge is 2.45. The summed E-state index contributed by atoms with van der Waals surface area (Å²) in [4.78, 5) is 31.0. The zero-order chi connectivity index (χ0) is 43.9. The molecule has 320 valence electrons. The van der Waals surface area contributed by atoms with E-state index >= 15 is 0 Å². The van der Waals surface area contributed by atoms with E-state index in [4.69, 9.17) is 0 Å². The molecule has 3 heterocycles. The smallest absolute Gasteiger partial charge is 0.269 e. The van der Waals surface area contributed by atoms with Crippen LogP contribution in [-0.2, 0) is 25.7 Å². The minimum absolute atomic E-state index is 0.226. The third-order valence-electron chi connectivity index (χ3n) is 12.0. The molecule has 7 rings (SSSR count). The standard InChI is InChI=1S/C51H55N5O5S/c1-50(2)44(55(42-28-26-37-19-12-14-21-40(37)47(42)50)34-16-8-11-25-46(57)53-54-49(58)39-30-32-52-33-31-39)23-9-6-5-7-10-24-45-51(3,4)48-41-22-15-13-20-38(41)27-29-43(48)56(45)35-17-18-36-62(59,60)61/h5-7,9-10,12-15,19-24,26-33H,8,11,16-18,25,34-36H2,1-4H3,(H2-,52,53,54,57,58,59,60,61)/p+1. The van der Waals surface area contributed by atoms with Crippen LogP contribution in [0, 0.1) is 0 Å². The van der Waals surface area contributed by atoms with Gasteiger partial charge in [0.1, 0.15) is 6.54 Å².